The Morgan fingerprint density at radius 1 is 1.03 bits per heavy atom. The molecule has 0 bridgehead atoms. The smallest absolute Gasteiger partial charge is 0.293 e. The topological polar surface area (TPSA) is 60.8 Å². The van der Waals surface area contributed by atoms with Gasteiger partial charge in [-0.05, 0) is 92.1 Å². The van der Waals surface area contributed by atoms with Gasteiger partial charge in [-0.2, -0.15) is 0 Å². The van der Waals surface area contributed by atoms with Gasteiger partial charge >= 0.3 is 0 Å². The number of benzene rings is 2. The van der Waals surface area contributed by atoms with Gasteiger partial charge in [-0.25, -0.2) is 0 Å². The third-order valence-electron chi connectivity index (χ3n) is 6.18. The van der Waals surface area contributed by atoms with Crippen molar-refractivity contribution in [2.24, 2.45) is 0 Å². The Hall–Kier alpha value is -2.68. The first kappa shape index (κ1) is 24.0. The number of aryl methyl sites for hydroxylation is 3. The summed E-state index contributed by atoms with van der Waals surface area (Å²) in [6.45, 7) is 8.37. The summed E-state index contributed by atoms with van der Waals surface area (Å²) in [4.78, 5) is 27.5. The second kappa shape index (κ2) is 9.08. The summed E-state index contributed by atoms with van der Waals surface area (Å²) in [7, 11) is 0. The number of thioether (sulfide) groups is 1. The normalized spacial score (nSPS) is 16.2. The maximum atomic E-state index is 13.2. The molecule has 2 aromatic carbocycles. The van der Waals surface area contributed by atoms with E-state index in [0.717, 1.165) is 50.0 Å². The van der Waals surface area contributed by atoms with Gasteiger partial charge in [0.1, 0.15) is 0 Å². The molecular formula is C26H22BrClN2O4S. The number of aromatic nitrogens is 1. The first-order valence-electron chi connectivity index (χ1n) is 10.9. The van der Waals surface area contributed by atoms with Crippen molar-refractivity contribution in [1.82, 2.24) is 9.47 Å². The van der Waals surface area contributed by atoms with Gasteiger partial charge < -0.3 is 14.0 Å². The van der Waals surface area contributed by atoms with Crippen LogP contribution in [-0.4, -0.2) is 27.4 Å². The molecule has 0 N–H and O–H groups in total. The van der Waals surface area contributed by atoms with Gasteiger partial charge in [-0.1, -0.05) is 27.5 Å². The van der Waals surface area contributed by atoms with E-state index in [2.05, 4.69) is 46.5 Å². The van der Waals surface area contributed by atoms with E-state index in [-0.39, 0.29) is 24.5 Å². The van der Waals surface area contributed by atoms with Crippen LogP contribution >= 0.6 is 39.3 Å². The van der Waals surface area contributed by atoms with E-state index in [1.807, 2.05) is 19.9 Å². The number of imide groups is 1. The maximum absolute atomic E-state index is 13.2. The zero-order chi connectivity index (χ0) is 25.0. The molecule has 9 heteroatoms. The van der Waals surface area contributed by atoms with Gasteiger partial charge in [0.25, 0.3) is 11.1 Å². The van der Waals surface area contributed by atoms with Crippen LogP contribution in [0.4, 0.5) is 4.79 Å². The molecule has 0 spiro atoms. The lowest BCUT2D eigenvalue weighted by atomic mass is 10.1. The Labute approximate surface area is 221 Å². The van der Waals surface area contributed by atoms with Crippen molar-refractivity contribution < 1.29 is 19.1 Å². The van der Waals surface area contributed by atoms with Crippen LogP contribution in [0, 0.1) is 27.7 Å². The average Bonchev–Trinajstić information content (AvgIpc) is 3.44. The molecule has 0 saturated carbocycles. The molecule has 1 fully saturated rings. The number of carbonyl (C=O) groups is 2. The monoisotopic (exact) mass is 572 g/mol. The molecule has 6 nitrogen and oxygen atoms in total. The molecule has 0 radical (unpaired) electrons. The number of hydrogen-bond acceptors (Lipinski definition) is 5. The molecule has 0 aliphatic carbocycles. The minimum Gasteiger partial charge on any atom is -0.454 e. The second-order valence-corrected chi connectivity index (χ2v) is 10.8. The van der Waals surface area contributed by atoms with Gasteiger partial charge in [0.15, 0.2) is 11.5 Å². The molecule has 0 unspecified atom stereocenters. The molecule has 1 aromatic heterocycles. The predicted molar refractivity (Wildman–Crippen MR) is 142 cm³/mol. The molecule has 2 aliphatic heterocycles. The molecule has 0 atom stereocenters. The highest BCUT2D eigenvalue weighted by Crippen LogP contribution is 2.40. The van der Waals surface area contributed by atoms with Crippen LogP contribution < -0.4 is 9.47 Å². The van der Waals surface area contributed by atoms with Crippen molar-refractivity contribution in [2.75, 3.05) is 6.79 Å². The van der Waals surface area contributed by atoms with Crippen molar-refractivity contribution >= 4 is 56.5 Å². The predicted octanol–water partition coefficient (Wildman–Crippen LogP) is 7.09. The average molecular weight is 574 g/mol. The first-order chi connectivity index (χ1) is 16.6. The fourth-order valence-electron chi connectivity index (χ4n) is 4.41. The van der Waals surface area contributed by atoms with Gasteiger partial charge in [0.05, 0.1) is 11.4 Å². The number of ether oxygens (including phenoxy) is 2. The standard InChI is InChI=1S/C26H22BrClN2O4S/c1-13-5-19(6-14(2)24(13)27)30-15(3)7-17(16(30)4)9-23-25(31)29(26(32)35-23)11-18-8-21-22(10-20(18)28)34-12-33-21/h5-10H,11-12H2,1-4H3/b23-9-. The number of hydrogen-bond donors (Lipinski definition) is 0. The van der Waals surface area contributed by atoms with Crippen LogP contribution in [0.5, 0.6) is 11.5 Å². The number of rotatable bonds is 4. The van der Waals surface area contributed by atoms with Crippen molar-refractivity contribution in [2.45, 2.75) is 34.2 Å². The fraction of sp³-hybridized carbons (Fsp3) is 0.231. The number of amides is 2. The van der Waals surface area contributed by atoms with Crippen LogP contribution in [0.2, 0.25) is 5.02 Å². The quantitative estimate of drug-likeness (QED) is 0.312. The second-order valence-electron chi connectivity index (χ2n) is 8.62. The number of carbonyl (C=O) groups excluding carboxylic acids is 2. The summed E-state index contributed by atoms with van der Waals surface area (Å²) in [6, 6.07) is 9.65. The number of halogens is 2. The van der Waals surface area contributed by atoms with Crippen LogP contribution in [0.15, 0.2) is 39.7 Å². The fourth-order valence-corrected chi connectivity index (χ4v) is 5.68. The molecule has 180 valence electrons. The van der Waals surface area contributed by atoms with Crippen molar-refractivity contribution in [3.8, 4) is 17.2 Å². The Kier molecular flexibility index (Phi) is 6.23. The van der Waals surface area contributed by atoms with Gasteiger partial charge in [0, 0.05) is 32.6 Å². The van der Waals surface area contributed by atoms with E-state index < -0.39 is 0 Å². The van der Waals surface area contributed by atoms with Gasteiger partial charge in [-0.3, -0.25) is 14.5 Å². The first-order valence-corrected chi connectivity index (χ1v) is 12.9. The molecule has 3 aromatic rings. The maximum Gasteiger partial charge on any atom is 0.293 e. The highest BCUT2D eigenvalue weighted by Gasteiger charge is 2.36. The third-order valence-corrected chi connectivity index (χ3v) is 8.69. The number of nitrogens with zero attached hydrogens (tertiary/aromatic N) is 2. The summed E-state index contributed by atoms with van der Waals surface area (Å²) in [5.74, 6) is 0.769. The SMILES string of the molecule is Cc1cc(-n2c(C)cc(/C=C3\SC(=O)N(Cc4cc5c(cc4Cl)OCO5)C3=O)c2C)cc(C)c1Br. The van der Waals surface area contributed by atoms with E-state index in [1.165, 1.54) is 4.90 Å². The highest BCUT2D eigenvalue weighted by atomic mass is 79.9. The molecular weight excluding hydrogens is 552 g/mol. The van der Waals surface area contributed by atoms with Crippen LogP contribution in [0.1, 0.15) is 33.6 Å². The lowest BCUT2D eigenvalue weighted by Crippen LogP contribution is -2.27. The minimum atomic E-state index is -0.339. The molecule has 3 heterocycles. The largest absolute Gasteiger partial charge is 0.454 e. The van der Waals surface area contributed by atoms with Crippen LogP contribution in [-0.2, 0) is 11.3 Å². The summed E-state index contributed by atoms with van der Waals surface area (Å²) in [5, 5.41) is 0.0869. The Balaban J connectivity index is 1.44. The summed E-state index contributed by atoms with van der Waals surface area (Å²) in [6.07, 6.45) is 1.80. The minimum absolute atomic E-state index is 0.0634. The van der Waals surface area contributed by atoms with E-state index in [1.54, 1.807) is 18.2 Å². The molecule has 35 heavy (non-hydrogen) atoms. The molecule has 2 amide bonds. The van der Waals surface area contributed by atoms with E-state index >= 15 is 0 Å². The number of fused-ring (bicyclic) bond motifs is 1. The summed E-state index contributed by atoms with van der Waals surface area (Å²) >= 11 is 10.9. The van der Waals surface area contributed by atoms with Gasteiger partial charge in [-0.15, -0.1) is 0 Å². The highest BCUT2D eigenvalue weighted by molar-refractivity contribution is 9.10. The summed E-state index contributed by atoms with van der Waals surface area (Å²) in [5.41, 5.74) is 6.92. The molecule has 2 aliphatic rings. The molecule has 5 rings (SSSR count). The lowest BCUT2D eigenvalue weighted by Gasteiger charge is -2.14. The molecule has 1 saturated heterocycles. The van der Waals surface area contributed by atoms with Crippen molar-refractivity contribution in [1.29, 1.82) is 0 Å². The van der Waals surface area contributed by atoms with E-state index in [9.17, 15) is 9.59 Å². The van der Waals surface area contributed by atoms with E-state index in [4.69, 9.17) is 21.1 Å². The van der Waals surface area contributed by atoms with Crippen LogP contribution in [0.25, 0.3) is 11.8 Å². The Morgan fingerprint density at radius 3 is 2.37 bits per heavy atom. The third kappa shape index (κ3) is 4.28. The van der Waals surface area contributed by atoms with Crippen LogP contribution in [0.3, 0.4) is 0 Å². The Bertz CT molecular complexity index is 1420. The van der Waals surface area contributed by atoms with Crippen molar-refractivity contribution in [3.63, 3.8) is 0 Å². The lowest BCUT2D eigenvalue weighted by molar-refractivity contribution is -0.123. The van der Waals surface area contributed by atoms with Gasteiger partial charge in [0.2, 0.25) is 6.79 Å². The zero-order valence-corrected chi connectivity index (χ0v) is 22.7. The van der Waals surface area contributed by atoms with Crippen molar-refractivity contribution in [3.05, 3.63) is 78.4 Å². The Morgan fingerprint density at radius 2 is 1.69 bits per heavy atom. The summed E-state index contributed by atoms with van der Waals surface area (Å²) < 4.78 is 14.0. The van der Waals surface area contributed by atoms with E-state index in [0.29, 0.717) is 27.0 Å². The zero-order valence-electron chi connectivity index (χ0n) is 19.6.